The topological polar surface area (TPSA) is 73.6 Å². The molecule has 4 nitrogen and oxygen atoms in total. The van der Waals surface area contributed by atoms with Crippen LogP contribution in [0.2, 0.25) is 0 Å². The molecule has 2 rings (SSSR count). The van der Waals surface area contributed by atoms with Gasteiger partial charge in [0.05, 0.1) is 23.2 Å². The molecule has 0 saturated heterocycles. The molecule has 21 heavy (non-hydrogen) atoms. The molecule has 2 aromatic rings. The van der Waals surface area contributed by atoms with Gasteiger partial charge in [0, 0.05) is 12.0 Å². The number of hydrogen-bond acceptors (Lipinski definition) is 4. The number of benzene rings is 1. The van der Waals surface area contributed by atoms with E-state index in [9.17, 15) is 5.26 Å². The maximum absolute atomic E-state index is 9.86. The molecule has 0 fully saturated rings. The van der Waals surface area contributed by atoms with Crippen molar-refractivity contribution < 1.29 is 4.52 Å². The van der Waals surface area contributed by atoms with Crippen molar-refractivity contribution in [1.29, 1.82) is 10.5 Å². The lowest BCUT2D eigenvalue weighted by molar-refractivity contribution is 0.388. The quantitative estimate of drug-likeness (QED) is 0.838. The average molecular weight is 279 g/mol. The van der Waals surface area contributed by atoms with Gasteiger partial charge in [0.25, 0.3) is 0 Å². The summed E-state index contributed by atoms with van der Waals surface area (Å²) in [4.78, 5) is 0. The van der Waals surface area contributed by atoms with Crippen LogP contribution in [0.25, 0.3) is 0 Å². The molecule has 1 aromatic carbocycles. The lowest BCUT2D eigenvalue weighted by Gasteiger charge is -2.26. The van der Waals surface area contributed by atoms with Crippen LogP contribution >= 0.6 is 0 Å². The number of nitrogens with zero attached hydrogens (tertiary/aromatic N) is 3. The van der Waals surface area contributed by atoms with Crippen molar-refractivity contribution in [2.45, 2.75) is 38.5 Å². The van der Waals surface area contributed by atoms with Crippen LogP contribution in [0.1, 0.15) is 35.4 Å². The third kappa shape index (κ3) is 2.95. The number of rotatable bonds is 5. The highest BCUT2D eigenvalue weighted by Gasteiger charge is 2.37. The second kappa shape index (κ2) is 6.24. The predicted molar refractivity (Wildman–Crippen MR) is 78.3 cm³/mol. The summed E-state index contributed by atoms with van der Waals surface area (Å²) >= 11 is 0. The molecule has 0 saturated carbocycles. The first-order valence-corrected chi connectivity index (χ1v) is 6.88. The van der Waals surface area contributed by atoms with Gasteiger partial charge in [0.15, 0.2) is 0 Å². The highest BCUT2D eigenvalue weighted by molar-refractivity contribution is 5.40. The van der Waals surface area contributed by atoms with Crippen LogP contribution < -0.4 is 0 Å². The van der Waals surface area contributed by atoms with Gasteiger partial charge in [-0.25, -0.2) is 0 Å². The Kier molecular flexibility index (Phi) is 4.40. The van der Waals surface area contributed by atoms with Crippen LogP contribution in [0.5, 0.6) is 0 Å². The Labute approximate surface area is 124 Å². The Morgan fingerprint density at radius 1 is 1.19 bits per heavy atom. The number of hydrogen-bond donors (Lipinski definition) is 0. The van der Waals surface area contributed by atoms with Crippen molar-refractivity contribution in [2.75, 3.05) is 0 Å². The van der Waals surface area contributed by atoms with Crippen molar-refractivity contribution in [1.82, 2.24) is 5.16 Å². The summed E-state index contributed by atoms with van der Waals surface area (Å²) in [6.45, 7) is 3.66. The third-order valence-electron chi connectivity index (χ3n) is 3.74. The van der Waals surface area contributed by atoms with Gasteiger partial charge in [-0.2, -0.15) is 10.5 Å². The van der Waals surface area contributed by atoms with Gasteiger partial charge in [-0.3, -0.25) is 0 Å². The summed E-state index contributed by atoms with van der Waals surface area (Å²) in [6, 6.07) is 14.4. The molecule has 0 radical (unpaired) electrons. The summed E-state index contributed by atoms with van der Waals surface area (Å²) in [5, 5.41) is 22.8. The van der Waals surface area contributed by atoms with E-state index < -0.39 is 5.41 Å². The van der Waals surface area contributed by atoms with Gasteiger partial charge < -0.3 is 4.52 Å². The van der Waals surface area contributed by atoms with Crippen molar-refractivity contribution in [3.05, 3.63) is 52.9 Å². The molecular formula is C17H17N3O. The van der Waals surface area contributed by atoms with E-state index in [4.69, 9.17) is 9.78 Å². The van der Waals surface area contributed by atoms with Crippen LogP contribution in [0.15, 0.2) is 34.9 Å². The van der Waals surface area contributed by atoms with E-state index in [1.165, 1.54) is 0 Å². The molecule has 1 unspecified atom stereocenters. The van der Waals surface area contributed by atoms with Crippen LogP contribution in [0, 0.1) is 36.5 Å². The Bertz CT molecular complexity index is 672. The Balaban J connectivity index is 2.49. The fourth-order valence-corrected chi connectivity index (χ4v) is 2.83. The maximum atomic E-state index is 9.86. The highest BCUT2D eigenvalue weighted by atomic mass is 16.5. The van der Waals surface area contributed by atoms with E-state index in [1.807, 2.05) is 44.2 Å². The molecule has 0 N–H and O–H groups in total. The zero-order valence-electron chi connectivity index (χ0n) is 12.3. The second-order valence-electron chi connectivity index (χ2n) is 5.21. The lowest BCUT2D eigenvalue weighted by Crippen LogP contribution is -2.28. The van der Waals surface area contributed by atoms with E-state index in [0.29, 0.717) is 25.0 Å². The molecule has 0 aliphatic heterocycles. The number of aryl methyl sites for hydroxylation is 2. The van der Waals surface area contributed by atoms with Gasteiger partial charge in [-0.15, -0.1) is 0 Å². The Morgan fingerprint density at radius 2 is 1.90 bits per heavy atom. The Hall–Kier alpha value is -2.59. The summed E-state index contributed by atoms with van der Waals surface area (Å²) in [7, 11) is 0. The number of nitriles is 2. The molecule has 0 spiro atoms. The molecule has 0 bridgehead atoms. The largest absolute Gasteiger partial charge is 0.361 e. The Morgan fingerprint density at radius 3 is 2.43 bits per heavy atom. The second-order valence-corrected chi connectivity index (χ2v) is 5.21. The normalized spacial score (nSPS) is 13.1. The highest BCUT2D eigenvalue weighted by Crippen LogP contribution is 2.36. The van der Waals surface area contributed by atoms with Crippen molar-refractivity contribution in [3.63, 3.8) is 0 Å². The molecule has 1 atom stereocenters. The molecule has 0 aliphatic rings. The molecule has 1 heterocycles. The van der Waals surface area contributed by atoms with Crippen molar-refractivity contribution in [2.24, 2.45) is 0 Å². The zero-order chi connectivity index (χ0) is 15.3. The minimum atomic E-state index is -0.773. The summed E-state index contributed by atoms with van der Waals surface area (Å²) in [6.07, 6.45) is 1.34. The molecular weight excluding hydrogens is 262 g/mol. The van der Waals surface area contributed by atoms with Gasteiger partial charge in [0.2, 0.25) is 0 Å². The summed E-state index contributed by atoms with van der Waals surface area (Å²) in [5.74, 6) is 0.655. The fraction of sp³-hybridized carbons (Fsp3) is 0.353. The number of aromatic nitrogens is 1. The molecule has 0 amide bonds. The first-order valence-electron chi connectivity index (χ1n) is 6.88. The van der Waals surface area contributed by atoms with E-state index >= 15 is 0 Å². The summed E-state index contributed by atoms with van der Waals surface area (Å²) < 4.78 is 5.24. The summed E-state index contributed by atoms with van der Waals surface area (Å²) in [5.41, 5.74) is 1.84. The van der Waals surface area contributed by atoms with Crippen molar-refractivity contribution in [3.8, 4) is 12.1 Å². The minimum Gasteiger partial charge on any atom is -0.361 e. The standard InChI is InChI=1S/C17H17N3O/c1-13-16(14(2)21-20-13)17(12-19,9-6-10-18)11-15-7-4-3-5-8-15/h3-5,7-8H,6,9,11H2,1-2H3. The smallest absolute Gasteiger partial charge is 0.138 e. The van der Waals surface area contributed by atoms with Crippen LogP contribution in [-0.2, 0) is 11.8 Å². The van der Waals surface area contributed by atoms with Gasteiger partial charge in [-0.05, 0) is 32.3 Å². The monoisotopic (exact) mass is 279 g/mol. The SMILES string of the molecule is Cc1noc(C)c1C(C#N)(CCC#N)Cc1ccccc1. The molecule has 4 heteroatoms. The molecule has 106 valence electrons. The zero-order valence-corrected chi connectivity index (χ0v) is 12.3. The predicted octanol–water partition coefficient (Wildman–Crippen LogP) is 3.60. The van der Waals surface area contributed by atoms with Crippen LogP contribution in [0.3, 0.4) is 0 Å². The van der Waals surface area contributed by atoms with Crippen molar-refractivity contribution >= 4 is 0 Å². The first kappa shape index (κ1) is 14.8. The van der Waals surface area contributed by atoms with E-state index in [2.05, 4.69) is 17.3 Å². The molecule has 0 aliphatic carbocycles. The van der Waals surface area contributed by atoms with Crippen LogP contribution in [0.4, 0.5) is 0 Å². The minimum absolute atomic E-state index is 0.324. The molecule has 1 aromatic heterocycles. The van der Waals surface area contributed by atoms with E-state index in [0.717, 1.165) is 16.8 Å². The van der Waals surface area contributed by atoms with Gasteiger partial charge >= 0.3 is 0 Å². The van der Waals surface area contributed by atoms with E-state index in [-0.39, 0.29) is 0 Å². The lowest BCUT2D eigenvalue weighted by atomic mass is 9.72. The third-order valence-corrected chi connectivity index (χ3v) is 3.74. The average Bonchev–Trinajstić information content (AvgIpc) is 2.84. The first-order chi connectivity index (χ1) is 10.1. The van der Waals surface area contributed by atoms with E-state index in [1.54, 1.807) is 0 Å². The maximum Gasteiger partial charge on any atom is 0.138 e. The van der Waals surface area contributed by atoms with Crippen LogP contribution in [-0.4, -0.2) is 5.16 Å². The van der Waals surface area contributed by atoms with Gasteiger partial charge in [-0.1, -0.05) is 35.5 Å². The fourth-order valence-electron chi connectivity index (χ4n) is 2.83. The van der Waals surface area contributed by atoms with Gasteiger partial charge in [0.1, 0.15) is 5.76 Å².